The lowest BCUT2D eigenvalue weighted by atomic mass is 10.0. The molecule has 0 saturated carbocycles. The van der Waals surface area contributed by atoms with E-state index in [1.165, 1.54) is 11.1 Å². The number of aromatic nitrogens is 2. The molecule has 0 fully saturated rings. The molecule has 0 bridgehead atoms. The van der Waals surface area contributed by atoms with Crippen LogP contribution in [-0.4, -0.2) is 9.97 Å². The molecule has 4 rings (SSSR count). The smallest absolute Gasteiger partial charge is 0.108 e. The Kier molecular flexibility index (Phi) is 5.86. The fourth-order valence-electron chi connectivity index (χ4n) is 3.16. The second kappa shape index (κ2) is 8.87. The Labute approximate surface area is 170 Å². The number of hydrogen-bond donors (Lipinski definition) is 1. The topological polar surface area (TPSA) is 37.9 Å². The zero-order chi connectivity index (χ0) is 19.2. The lowest BCUT2D eigenvalue weighted by molar-refractivity contribution is 0.0387. The van der Waals surface area contributed by atoms with Gasteiger partial charge >= 0.3 is 0 Å². The molecule has 4 aromatic rings. The van der Waals surface area contributed by atoms with E-state index >= 15 is 0 Å². The van der Waals surface area contributed by atoms with E-state index in [0.717, 1.165) is 22.0 Å². The van der Waals surface area contributed by atoms with Crippen molar-refractivity contribution in [1.82, 2.24) is 9.97 Å². The molecule has 3 nitrogen and oxygen atoms in total. The maximum atomic E-state index is 6.27. The van der Waals surface area contributed by atoms with Crippen molar-refractivity contribution in [2.24, 2.45) is 0 Å². The first kappa shape index (κ1) is 18.5. The molecule has 3 aromatic carbocycles. The first-order valence-corrected chi connectivity index (χ1v) is 9.65. The van der Waals surface area contributed by atoms with Crippen LogP contribution in [-0.2, 0) is 17.8 Å². The van der Waals surface area contributed by atoms with Gasteiger partial charge in [0.2, 0.25) is 0 Å². The first-order valence-electron chi connectivity index (χ1n) is 9.27. The molecule has 0 spiro atoms. The van der Waals surface area contributed by atoms with Gasteiger partial charge in [-0.05, 0) is 34.4 Å². The van der Waals surface area contributed by atoms with Crippen molar-refractivity contribution in [3.05, 3.63) is 113 Å². The lowest BCUT2D eigenvalue weighted by Gasteiger charge is -2.18. The van der Waals surface area contributed by atoms with Crippen molar-refractivity contribution in [3.63, 3.8) is 0 Å². The van der Waals surface area contributed by atoms with Crippen LogP contribution in [0.15, 0.2) is 91.3 Å². The summed E-state index contributed by atoms with van der Waals surface area (Å²) in [7, 11) is 0. The number of rotatable bonds is 7. The lowest BCUT2D eigenvalue weighted by Crippen LogP contribution is -2.09. The van der Waals surface area contributed by atoms with E-state index in [2.05, 4.69) is 58.5 Å². The molecule has 1 unspecified atom stereocenters. The van der Waals surface area contributed by atoms with Crippen LogP contribution in [0.2, 0.25) is 5.02 Å². The largest absolute Gasteiger partial charge is 0.368 e. The number of hydrogen-bond acceptors (Lipinski definition) is 2. The van der Waals surface area contributed by atoms with E-state index in [1.807, 2.05) is 36.5 Å². The number of ether oxygens (including phenoxy) is 1. The van der Waals surface area contributed by atoms with Gasteiger partial charge in [-0.25, -0.2) is 4.98 Å². The number of nitrogens with zero attached hydrogens (tertiary/aromatic N) is 1. The molecule has 0 aliphatic carbocycles. The number of halogens is 1. The van der Waals surface area contributed by atoms with Gasteiger partial charge in [0, 0.05) is 23.8 Å². The Morgan fingerprint density at radius 2 is 1.57 bits per heavy atom. The van der Waals surface area contributed by atoms with Crippen molar-refractivity contribution < 1.29 is 4.74 Å². The molecule has 4 heteroatoms. The molecular formula is C24H21ClN2O. The monoisotopic (exact) mass is 388 g/mol. The normalized spacial score (nSPS) is 12.0. The Morgan fingerprint density at radius 3 is 2.25 bits per heavy atom. The Morgan fingerprint density at radius 1 is 0.857 bits per heavy atom. The molecule has 140 valence electrons. The van der Waals surface area contributed by atoms with Crippen LogP contribution < -0.4 is 0 Å². The highest BCUT2D eigenvalue weighted by atomic mass is 35.5. The maximum Gasteiger partial charge on any atom is 0.108 e. The van der Waals surface area contributed by atoms with Crippen molar-refractivity contribution in [1.29, 1.82) is 0 Å². The van der Waals surface area contributed by atoms with E-state index in [-0.39, 0.29) is 6.10 Å². The van der Waals surface area contributed by atoms with Crippen molar-refractivity contribution in [2.75, 3.05) is 0 Å². The summed E-state index contributed by atoms with van der Waals surface area (Å²) < 4.78 is 6.27. The summed E-state index contributed by atoms with van der Waals surface area (Å²) in [4.78, 5) is 7.49. The maximum absolute atomic E-state index is 6.27. The van der Waals surface area contributed by atoms with Gasteiger partial charge in [0.05, 0.1) is 12.7 Å². The van der Waals surface area contributed by atoms with E-state index in [1.54, 1.807) is 6.20 Å². The van der Waals surface area contributed by atoms with Crippen LogP contribution in [0.4, 0.5) is 0 Å². The van der Waals surface area contributed by atoms with E-state index in [4.69, 9.17) is 16.3 Å². The molecular weight excluding hydrogens is 368 g/mol. The third-order valence-corrected chi connectivity index (χ3v) is 4.94. The molecule has 1 aromatic heterocycles. The number of nitrogens with one attached hydrogen (secondary N) is 1. The third-order valence-electron chi connectivity index (χ3n) is 4.69. The van der Waals surface area contributed by atoms with Crippen molar-refractivity contribution in [2.45, 2.75) is 19.1 Å². The minimum absolute atomic E-state index is 0.0998. The van der Waals surface area contributed by atoms with Gasteiger partial charge in [-0.3, -0.25) is 0 Å². The summed E-state index contributed by atoms with van der Waals surface area (Å²) in [6.07, 6.45) is 4.17. The molecule has 1 atom stereocenters. The molecule has 1 heterocycles. The van der Waals surface area contributed by atoms with Crippen LogP contribution in [0, 0.1) is 0 Å². The average molecular weight is 389 g/mol. The summed E-state index contributed by atoms with van der Waals surface area (Å²) in [5, 5.41) is 0.719. The van der Waals surface area contributed by atoms with Crippen LogP contribution >= 0.6 is 11.6 Å². The van der Waals surface area contributed by atoms with Crippen LogP contribution in [0.25, 0.3) is 11.1 Å². The number of benzene rings is 3. The van der Waals surface area contributed by atoms with Gasteiger partial charge in [0.1, 0.15) is 5.82 Å². The Balaban J connectivity index is 1.47. The van der Waals surface area contributed by atoms with E-state index < -0.39 is 0 Å². The summed E-state index contributed by atoms with van der Waals surface area (Å²) in [5.41, 5.74) is 4.64. The first-order chi connectivity index (χ1) is 13.8. The van der Waals surface area contributed by atoms with Gasteiger partial charge in [-0.2, -0.15) is 0 Å². The summed E-state index contributed by atoms with van der Waals surface area (Å²) in [5.74, 6) is 0.902. The zero-order valence-electron chi connectivity index (χ0n) is 15.4. The highest BCUT2D eigenvalue weighted by Gasteiger charge is 2.15. The fourth-order valence-corrected chi connectivity index (χ4v) is 3.28. The van der Waals surface area contributed by atoms with Crippen LogP contribution in [0.1, 0.15) is 23.1 Å². The predicted molar refractivity (Wildman–Crippen MR) is 113 cm³/mol. The molecule has 0 amide bonds. The van der Waals surface area contributed by atoms with E-state index in [0.29, 0.717) is 13.0 Å². The highest BCUT2D eigenvalue weighted by Crippen LogP contribution is 2.25. The number of H-pyrrole nitrogens is 1. The SMILES string of the molecule is Clc1ccc(C(Cc2ncc[nH]2)OCc2ccc(-c3ccccc3)cc2)cc1. The highest BCUT2D eigenvalue weighted by molar-refractivity contribution is 6.30. The second-order valence-electron chi connectivity index (χ2n) is 6.65. The number of imidazole rings is 1. The second-order valence-corrected chi connectivity index (χ2v) is 7.09. The Hall–Kier alpha value is -2.88. The van der Waals surface area contributed by atoms with Crippen LogP contribution in [0.5, 0.6) is 0 Å². The van der Waals surface area contributed by atoms with E-state index in [9.17, 15) is 0 Å². The fraction of sp³-hybridized carbons (Fsp3) is 0.125. The number of aromatic amines is 1. The molecule has 1 N–H and O–H groups in total. The molecule has 0 aliphatic heterocycles. The van der Waals surface area contributed by atoms with Crippen molar-refractivity contribution >= 4 is 11.6 Å². The molecule has 0 radical (unpaired) electrons. The van der Waals surface area contributed by atoms with Crippen LogP contribution in [0.3, 0.4) is 0 Å². The van der Waals surface area contributed by atoms with Gasteiger partial charge in [0.15, 0.2) is 0 Å². The van der Waals surface area contributed by atoms with Gasteiger partial charge in [-0.15, -0.1) is 0 Å². The molecule has 0 aliphatic rings. The van der Waals surface area contributed by atoms with Crippen molar-refractivity contribution in [3.8, 4) is 11.1 Å². The zero-order valence-corrected chi connectivity index (χ0v) is 16.1. The molecule has 0 saturated heterocycles. The quantitative estimate of drug-likeness (QED) is 0.407. The third kappa shape index (κ3) is 4.69. The minimum atomic E-state index is -0.0998. The summed E-state index contributed by atoms with van der Waals surface area (Å²) in [6.45, 7) is 0.531. The average Bonchev–Trinajstić information content (AvgIpc) is 3.26. The van der Waals surface area contributed by atoms with Gasteiger partial charge in [-0.1, -0.05) is 78.3 Å². The standard InChI is InChI=1S/C24H21ClN2O/c25-22-12-10-21(11-13-22)23(16-24-26-14-15-27-24)28-17-18-6-8-20(9-7-18)19-4-2-1-3-5-19/h1-15,23H,16-17H2,(H,26,27). The van der Waals surface area contributed by atoms with Gasteiger partial charge < -0.3 is 9.72 Å². The molecule has 28 heavy (non-hydrogen) atoms. The minimum Gasteiger partial charge on any atom is -0.368 e. The summed E-state index contributed by atoms with van der Waals surface area (Å²) >= 11 is 6.04. The predicted octanol–water partition coefficient (Wildman–Crippen LogP) is 6.23. The summed E-state index contributed by atoms with van der Waals surface area (Å²) in [6, 6.07) is 26.7. The van der Waals surface area contributed by atoms with Gasteiger partial charge in [0.25, 0.3) is 0 Å². The Bertz CT molecular complexity index is 981.